The first kappa shape index (κ1) is 21.6. The van der Waals surface area contributed by atoms with Crippen molar-refractivity contribution in [1.82, 2.24) is 10.3 Å². The van der Waals surface area contributed by atoms with E-state index in [4.69, 9.17) is 21.1 Å². The minimum atomic E-state index is -0.607. The maximum absolute atomic E-state index is 13.4. The number of pyridine rings is 1. The van der Waals surface area contributed by atoms with Gasteiger partial charge in [0, 0.05) is 17.3 Å². The average Bonchev–Trinajstić information content (AvgIpc) is 2.69. The fraction of sp³-hybridized carbons (Fsp3) is 0.217. The molecule has 1 heterocycles. The fourth-order valence-electron chi connectivity index (χ4n) is 3.20. The normalized spacial score (nSPS) is 10.6. The Morgan fingerprint density at radius 3 is 2.60 bits per heavy atom. The predicted octanol–water partition coefficient (Wildman–Crippen LogP) is 5.76. The molecule has 0 spiro atoms. The van der Waals surface area contributed by atoms with Gasteiger partial charge >= 0.3 is 6.09 Å². The van der Waals surface area contributed by atoms with Crippen molar-refractivity contribution < 1.29 is 18.7 Å². The maximum Gasteiger partial charge on any atom is 0.412 e. The van der Waals surface area contributed by atoms with Gasteiger partial charge < -0.3 is 14.8 Å². The molecule has 1 N–H and O–H groups in total. The number of rotatable bonds is 5. The number of carbonyl (C=O) groups is 1. The summed E-state index contributed by atoms with van der Waals surface area (Å²) in [5.41, 5.74) is 4.86. The molecule has 1 amide bonds. The highest BCUT2D eigenvalue weighted by Crippen LogP contribution is 2.29. The largest absolute Gasteiger partial charge is 0.496 e. The molecule has 0 radical (unpaired) electrons. The number of halogens is 2. The minimum Gasteiger partial charge on any atom is -0.496 e. The second-order valence-corrected chi connectivity index (χ2v) is 7.36. The number of hydrogen-bond donors (Lipinski definition) is 1. The molecule has 0 saturated heterocycles. The molecular formula is C23H22ClFN2O3. The van der Waals surface area contributed by atoms with E-state index in [0.29, 0.717) is 11.4 Å². The summed E-state index contributed by atoms with van der Waals surface area (Å²) in [6.07, 6.45) is 1.10. The summed E-state index contributed by atoms with van der Waals surface area (Å²) in [6.45, 7) is 5.88. The Bertz CT molecular complexity index is 1100. The molecule has 3 rings (SSSR count). The van der Waals surface area contributed by atoms with Crippen LogP contribution in [0.4, 0.5) is 9.18 Å². The predicted molar refractivity (Wildman–Crippen MR) is 115 cm³/mol. The zero-order chi connectivity index (χ0) is 21.8. The first-order chi connectivity index (χ1) is 14.3. The van der Waals surface area contributed by atoms with Gasteiger partial charge in [-0.05, 0) is 61.7 Å². The highest BCUT2D eigenvalue weighted by molar-refractivity contribution is 6.31. The van der Waals surface area contributed by atoms with Crippen molar-refractivity contribution in [2.75, 3.05) is 7.11 Å². The number of benzene rings is 2. The van der Waals surface area contributed by atoms with Crippen molar-refractivity contribution in [2.24, 2.45) is 0 Å². The van der Waals surface area contributed by atoms with Gasteiger partial charge in [0.1, 0.15) is 17.3 Å². The van der Waals surface area contributed by atoms with E-state index >= 15 is 0 Å². The smallest absolute Gasteiger partial charge is 0.412 e. The van der Waals surface area contributed by atoms with Crippen LogP contribution in [0, 0.1) is 26.6 Å². The van der Waals surface area contributed by atoms with Gasteiger partial charge in [-0.1, -0.05) is 23.7 Å². The third kappa shape index (κ3) is 4.89. The molecule has 0 aliphatic rings. The molecular weight excluding hydrogens is 407 g/mol. The topological polar surface area (TPSA) is 60.5 Å². The number of nitrogens with one attached hydrogen (secondary N) is 1. The second-order valence-electron chi connectivity index (χ2n) is 6.95. The Labute approximate surface area is 179 Å². The molecule has 5 nitrogen and oxygen atoms in total. The zero-order valence-electron chi connectivity index (χ0n) is 17.2. The molecule has 2 aromatic carbocycles. The molecule has 0 aliphatic heterocycles. The highest BCUT2D eigenvalue weighted by Gasteiger charge is 2.12. The van der Waals surface area contributed by atoms with Crippen LogP contribution in [0.25, 0.3) is 11.1 Å². The lowest BCUT2D eigenvalue weighted by atomic mass is 10.0. The lowest BCUT2D eigenvalue weighted by Gasteiger charge is -2.13. The summed E-state index contributed by atoms with van der Waals surface area (Å²) in [6, 6.07) is 9.81. The first-order valence-corrected chi connectivity index (χ1v) is 9.68. The van der Waals surface area contributed by atoms with E-state index in [1.54, 1.807) is 31.5 Å². The summed E-state index contributed by atoms with van der Waals surface area (Å²) >= 11 is 5.89. The van der Waals surface area contributed by atoms with Gasteiger partial charge in [-0.3, -0.25) is 4.98 Å². The number of aromatic nitrogens is 1. The quantitative estimate of drug-likeness (QED) is 0.561. The first-order valence-electron chi connectivity index (χ1n) is 9.30. The van der Waals surface area contributed by atoms with Crippen LogP contribution in [0.3, 0.4) is 0 Å². The molecule has 0 bridgehead atoms. The molecule has 0 saturated carbocycles. The van der Waals surface area contributed by atoms with Crippen molar-refractivity contribution in [1.29, 1.82) is 0 Å². The summed E-state index contributed by atoms with van der Waals surface area (Å²) in [5, 5.41) is 2.74. The number of amides is 1. The number of ether oxygens (including phenoxy) is 2. The van der Waals surface area contributed by atoms with E-state index in [2.05, 4.69) is 10.3 Å². The van der Waals surface area contributed by atoms with E-state index in [-0.39, 0.29) is 11.6 Å². The molecule has 3 aromatic rings. The Kier molecular flexibility index (Phi) is 6.57. The summed E-state index contributed by atoms with van der Waals surface area (Å²) in [5.74, 6) is 0.631. The van der Waals surface area contributed by atoms with Gasteiger partial charge in [0.05, 0.1) is 24.4 Å². The summed E-state index contributed by atoms with van der Waals surface area (Å²) in [7, 11) is 1.60. The van der Waals surface area contributed by atoms with E-state index in [1.165, 1.54) is 12.1 Å². The van der Waals surface area contributed by atoms with Crippen LogP contribution in [0.5, 0.6) is 11.5 Å². The van der Waals surface area contributed by atoms with Gasteiger partial charge in [-0.2, -0.15) is 0 Å². The Balaban J connectivity index is 1.73. The van der Waals surface area contributed by atoms with Crippen molar-refractivity contribution in [2.45, 2.75) is 27.3 Å². The number of hydrogen-bond acceptors (Lipinski definition) is 4. The third-order valence-electron chi connectivity index (χ3n) is 4.66. The standard InChI is InChI=1S/C23H22ClFN2O3/c1-13-7-17(16-5-6-20(25)19(24)10-16)9-18(8-13)30-23(28)27-12-21-15(3)22(29-4)14(2)11-26-21/h5-11H,12H2,1-4H3,(H,27,28). The third-order valence-corrected chi connectivity index (χ3v) is 4.95. The molecule has 0 fully saturated rings. The molecule has 30 heavy (non-hydrogen) atoms. The Morgan fingerprint density at radius 1 is 1.13 bits per heavy atom. The minimum absolute atomic E-state index is 0.0330. The molecule has 156 valence electrons. The van der Waals surface area contributed by atoms with Crippen LogP contribution in [0.1, 0.15) is 22.4 Å². The van der Waals surface area contributed by atoms with E-state index in [9.17, 15) is 9.18 Å². The van der Waals surface area contributed by atoms with Gasteiger partial charge in [-0.25, -0.2) is 9.18 Å². The number of methoxy groups -OCH3 is 1. The zero-order valence-corrected chi connectivity index (χ0v) is 17.9. The maximum atomic E-state index is 13.4. The van der Waals surface area contributed by atoms with Crippen LogP contribution in [0.15, 0.2) is 42.6 Å². The monoisotopic (exact) mass is 428 g/mol. The lowest BCUT2D eigenvalue weighted by Crippen LogP contribution is -2.27. The van der Waals surface area contributed by atoms with Crippen molar-refractivity contribution in [3.8, 4) is 22.6 Å². The van der Waals surface area contributed by atoms with Crippen LogP contribution >= 0.6 is 11.6 Å². The van der Waals surface area contributed by atoms with Crippen LogP contribution in [0.2, 0.25) is 5.02 Å². The van der Waals surface area contributed by atoms with Crippen LogP contribution in [-0.2, 0) is 6.54 Å². The van der Waals surface area contributed by atoms with Gasteiger partial charge in [-0.15, -0.1) is 0 Å². The highest BCUT2D eigenvalue weighted by atomic mass is 35.5. The lowest BCUT2D eigenvalue weighted by molar-refractivity contribution is 0.200. The van der Waals surface area contributed by atoms with Gasteiger partial charge in [0.25, 0.3) is 0 Å². The summed E-state index contributed by atoms with van der Waals surface area (Å²) in [4.78, 5) is 16.7. The number of carbonyl (C=O) groups excluding carboxylic acids is 1. The van der Waals surface area contributed by atoms with Gasteiger partial charge in [0.15, 0.2) is 0 Å². The number of aryl methyl sites for hydroxylation is 2. The SMILES string of the molecule is COc1c(C)cnc(CNC(=O)Oc2cc(C)cc(-c3ccc(F)c(Cl)c3)c2)c1C. The Hall–Kier alpha value is -3.12. The molecule has 0 unspecified atom stereocenters. The summed E-state index contributed by atoms with van der Waals surface area (Å²) < 4.78 is 24.3. The van der Waals surface area contributed by atoms with Crippen molar-refractivity contribution in [3.05, 3.63) is 75.8 Å². The van der Waals surface area contributed by atoms with Crippen LogP contribution in [-0.4, -0.2) is 18.2 Å². The van der Waals surface area contributed by atoms with Gasteiger partial charge in [0.2, 0.25) is 0 Å². The van der Waals surface area contributed by atoms with E-state index in [0.717, 1.165) is 33.6 Å². The second kappa shape index (κ2) is 9.13. The van der Waals surface area contributed by atoms with Crippen molar-refractivity contribution in [3.63, 3.8) is 0 Å². The molecule has 1 aromatic heterocycles. The molecule has 0 aliphatic carbocycles. The van der Waals surface area contributed by atoms with E-state index < -0.39 is 11.9 Å². The fourth-order valence-corrected chi connectivity index (χ4v) is 3.38. The average molecular weight is 429 g/mol. The van der Waals surface area contributed by atoms with Crippen LogP contribution < -0.4 is 14.8 Å². The van der Waals surface area contributed by atoms with E-state index in [1.807, 2.05) is 26.8 Å². The molecule has 0 atom stereocenters. The van der Waals surface area contributed by atoms with Crippen molar-refractivity contribution >= 4 is 17.7 Å². The molecule has 7 heteroatoms. The number of nitrogens with zero attached hydrogens (tertiary/aromatic N) is 1. The Morgan fingerprint density at radius 2 is 1.90 bits per heavy atom.